The molecule has 0 spiro atoms. The van der Waals surface area contributed by atoms with Gasteiger partial charge in [0, 0.05) is 0 Å². The number of hydrogen-bond donors (Lipinski definition) is 0. The third-order valence-electron chi connectivity index (χ3n) is 1.40. The molecule has 0 radical (unpaired) electrons. The molecule has 9 heavy (non-hydrogen) atoms. The van der Waals surface area contributed by atoms with E-state index in [-0.39, 0.29) is 16.0 Å². The Kier molecular flexibility index (Phi) is 2.32. The summed E-state index contributed by atoms with van der Waals surface area (Å²) in [5, 5.41) is 0. The maximum atomic E-state index is 10.8. The molecule has 0 aromatic heterocycles. The van der Waals surface area contributed by atoms with Crippen LogP contribution in [0.25, 0.3) is 0 Å². The van der Waals surface area contributed by atoms with Crippen molar-refractivity contribution in [3.05, 3.63) is 0 Å². The van der Waals surface area contributed by atoms with Gasteiger partial charge in [-0.25, -0.2) is 0 Å². The molecule has 52 valence electrons. The Bertz CT molecular complexity index is 124. The first-order valence-corrected chi connectivity index (χ1v) is 4.29. The second-order valence-corrected chi connectivity index (χ2v) is 3.80. The fourth-order valence-electron chi connectivity index (χ4n) is 0.830. The summed E-state index contributed by atoms with van der Waals surface area (Å²) in [5.74, 6) is -0.0469. The van der Waals surface area contributed by atoms with Crippen molar-refractivity contribution in [3.8, 4) is 0 Å². The highest BCUT2D eigenvalue weighted by Gasteiger charge is 2.24. The summed E-state index contributed by atoms with van der Waals surface area (Å²) in [4.78, 5) is 10.8. The third-order valence-corrected chi connectivity index (χ3v) is 2.53. The maximum absolute atomic E-state index is 10.8. The average Bonchev–Trinajstić information content (AvgIpc) is 1.80. The molecule has 0 saturated carbocycles. The standard InChI is InChI=1S/C6H9IO2/c1-4-2-3-5(7)6(8)9-4/h4-5H,2-3H2,1H3. The first kappa shape index (κ1) is 7.31. The summed E-state index contributed by atoms with van der Waals surface area (Å²) in [7, 11) is 0. The van der Waals surface area contributed by atoms with Crippen molar-refractivity contribution in [1.29, 1.82) is 0 Å². The number of halogens is 1. The molecule has 3 heteroatoms. The summed E-state index contributed by atoms with van der Waals surface area (Å²) in [6.07, 6.45) is 2.13. The van der Waals surface area contributed by atoms with E-state index in [0.29, 0.717) is 0 Å². The third kappa shape index (κ3) is 1.81. The Morgan fingerprint density at radius 3 is 2.78 bits per heavy atom. The smallest absolute Gasteiger partial charge is 0.319 e. The molecule has 2 atom stereocenters. The molecule has 1 fully saturated rings. The minimum atomic E-state index is -0.0469. The summed E-state index contributed by atoms with van der Waals surface area (Å²) in [6, 6.07) is 0. The van der Waals surface area contributed by atoms with Gasteiger partial charge in [-0.1, -0.05) is 22.6 Å². The quantitative estimate of drug-likeness (QED) is 0.364. The molecule has 1 saturated heterocycles. The number of rotatable bonds is 0. The molecular weight excluding hydrogens is 231 g/mol. The number of carbonyl (C=O) groups excluding carboxylic acids is 1. The van der Waals surface area contributed by atoms with Crippen molar-refractivity contribution in [3.63, 3.8) is 0 Å². The van der Waals surface area contributed by atoms with Gasteiger partial charge in [0.15, 0.2) is 0 Å². The molecule has 0 amide bonds. The van der Waals surface area contributed by atoms with E-state index in [1.54, 1.807) is 0 Å². The molecular formula is C6H9IO2. The Morgan fingerprint density at radius 2 is 2.33 bits per heavy atom. The minimum Gasteiger partial charge on any atom is -0.462 e. The van der Waals surface area contributed by atoms with Crippen molar-refractivity contribution in [2.75, 3.05) is 0 Å². The van der Waals surface area contributed by atoms with Crippen LogP contribution in [0.5, 0.6) is 0 Å². The van der Waals surface area contributed by atoms with Crippen molar-refractivity contribution < 1.29 is 9.53 Å². The highest BCUT2D eigenvalue weighted by atomic mass is 127. The Hall–Kier alpha value is 0.200. The summed E-state index contributed by atoms with van der Waals surface area (Å²) in [5.41, 5.74) is 0. The van der Waals surface area contributed by atoms with Gasteiger partial charge >= 0.3 is 5.97 Å². The van der Waals surface area contributed by atoms with Crippen LogP contribution in [-0.2, 0) is 9.53 Å². The predicted molar refractivity (Wildman–Crippen MR) is 42.6 cm³/mol. The van der Waals surface area contributed by atoms with Gasteiger partial charge in [0.2, 0.25) is 0 Å². The van der Waals surface area contributed by atoms with Gasteiger partial charge in [0.25, 0.3) is 0 Å². The van der Waals surface area contributed by atoms with Crippen LogP contribution in [-0.4, -0.2) is 16.0 Å². The second-order valence-electron chi connectivity index (χ2n) is 2.29. The van der Waals surface area contributed by atoms with Crippen LogP contribution in [0.2, 0.25) is 0 Å². The van der Waals surface area contributed by atoms with Crippen molar-refractivity contribution in [2.45, 2.75) is 29.8 Å². The van der Waals surface area contributed by atoms with Crippen molar-refractivity contribution in [2.24, 2.45) is 0 Å². The van der Waals surface area contributed by atoms with E-state index in [9.17, 15) is 4.79 Å². The zero-order valence-electron chi connectivity index (χ0n) is 5.26. The highest BCUT2D eigenvalue weighted by Crippen LogP contribution is 2.20. The van der Waals surface area contributed by atoms with Gasteiger partial charge in [-0.05, 0) is 19.8 Å². The molecule has 0 N–H and O–H groups in total. The highest BCUT2D eigenvalue weighted by molar-refractivity contribution is 14.1. The molecule has 2 unspecified atom stereocenters. The zero-order valence-corrected chi connectivity index (χ0v) is 7.42. The topological polar surface area (TPSA) is 26.3 Å². The van der Waals surface area contributed by atoms with Crippen LogP contribution < -0.4 is 0 Å². The van der Waals surface area contributed by atoms with Crippen molar-refractivity contribution in [1.82, 2.24) is 0 Å². The summed E-state index contributed by atoms with van der Waals surface area (Å²) < 4.78 is 5.05. The van der Waals surface area contributed by atoms with Gasteiger partial charge < -0.3 is 4.74 Å². The first-order valence-electron chi connectivity index (χ1n) is 3.04. The fourth-order valence-corrected chi connectivity index (χ4v) is 1.34. The molecule has 0 aromatic carbocycles. The van der Waals surface area contributed by atoms with E-state index in [0.717, 1.165) is 12.8 Å². The van der Waals surface area contributed by atoms with E-state index in [2.05, 4.69) is 22.6 Å². The normalized spacial score (nSPS) is 36.0. The van der Waals surface area contributed by atoms with E-state index >= 15 is 0 Å². The second kappa shape index (κ2) is 2.86. The monoisotopic (exact) mass is 240 g/mol. The number of alkyl halides is 1. The number of ether oxygens (including phenoxy) is 1. The lowest BCUT2D eigenvalue weighted by atomic mass is 10.1. The molecule has 0 aliphatic carbocycles. The van der Waals surface area contributed by atoms with E-state index in [4.69, 9.17) is 4.74 Å². The van der Waals surface area contributed by atoms with E-state index < -0.39 is 0 Å². The largest absolute Gasteiger partial charge is 0.462 e. The van der Waals surface area contributed by atoms with Gasteiger partial charge in [0.1, 0.15) is 3.92 Å². The number of esters is 1. The number of hydrogen-bond acceptors (Lipinski definition) is 2. The van der Waals surface area contributed by atoms with Gasteiger partial charge in [-0.15, -0.1) is 0 Å². The number of carbonyl (C=O) groups is 1. The molecule has 1 rings (SSSR count). The average molecular weight is 240 g/mol. The van der Waals surface area contributed by atoms with E-state index in [1.165, 1.54) is 0 Å². The molecule has 1 aliphatic heterocycles. The van der Waals surface area contributed by atoms with Gasteiger partial charge in [-0.2, -0.15) is 0 Å². The van der Waals surface area contributed by atoms with Crippen LogP contribution in [0.3, 0.4) is 0 Å². The zero-order chi connectivity index (χ0) is 6.85. The van der Waals surface area contributed by atoms with Crippen LogP contribution in [0.15, 0.2) is 0 Å². The molecule has 1 heterocycles. The SMILES string of the molecule is CC1CCC(I)C(=O)O1. The molecule has 1 aliphatic rings. The minimum absolute atomic E-state index is 0.0469. The van der Waals surface area contributed by atoms with Crippen LogP contribution in [0.1, 0.15) is 19.8 Å². The molecule has 0 bridgehead atoms. The number of cyclic esters (lactones) is 1. The Labute approximate surface area is 68.1 Å². The van der Waals surface area contributed by atoms with Crippen LogP contribution in [0, 0.1) is 0 Å². The predicted octanol–water partition coefficient (Wildman–Crippen LogP) is 1.52. The molecule has 0 aromatic rings. The molecule has 2 nitrogen and oxygen atoms in total. The van der Waals surface area contributed by atoms with E-state index in [1.807, 2.05) is 6.92 Å². The lowest BCUT2D eigenvalue weighted by molar-refractivity contribution is -0.151. The van der Waals surface area contributed by atoms with Gasteiger partial charge in [0.05, 0.1) is 6.10 Å². The van der Waals surface area contributed by atoms with Gasteiger partial charge in [-0.3, -0.25) is 4.79 Å². The Balaban J connectivity index is 2.44. The lowest BCUT2D eigenvalue weighted by Gasteiger charge is -2.21. The maximum Gasteiger partial charge on any atom is 0.319 e. The summed E-state index contributed by atoms with van der Waals surface area (Å²) in [6.45, 7) is 1.93. The fraction of sp³-hybridized carbons (Fsp3) is 0.833. The Morgan fingerprint density at radius 1 is 1.67 bits per heavy atom. The van der Waals surface area contributed by atoms with Crippen LogP contribution >= 0.6 is 22.6 Å². The first-order chi connectivity index (χ1) is 4.20. The van der Waals surface area contributed by atoms with Crippen LogP contribution in [0.4, 0.5) is 0 Å². The summed E-state index contributed by atoms with van der Waals surface area (Å²) >= 11 is 2.12. The van der Waals surface area contributed by atoms with Crippen molar-refractivity contribution >= 4 is 28.6 Å². The lowest BCUT2D eigenvalue weighted by Crippen LogP contribution is -2.29.